The molecule has 1 amide bonds. The number of nitrogens with one attached hydrogen (secondary N) is 1. The summed E-state index contributed by atoms with van der Waals surface area (Å²) in [7, 11) is 0. The lowest BCUT2D eigenvalue weighted by Gasteiger charge is -2.04. The van der Waals surface area contributed by atoms with Crippen LogP contribution in [0.25, 0.3) is 0 Å². The summed E-state index contributed by atoms with van der Waals surface area (Å²) in [6.45, 7) is 2.13. The second-order valence-electron chi connectivity index (χ2n) is 3.20. The zero-order valence-corrected chi connectivity index (χ0v) is 10.3. The molecular weight excluding hydrogens is 276 g/mol. The van der Waals surface area contributed by atoms with Gasteiger partial charge in [0, 0.05) is 29.1 Å². The molecule has 0 bridgehead atoms. The van der Waals surface area contributed by atoms with Crippen LogP contribution in [0.2, 0.25) is 0 Å². The number of rotatable bonds is 4. The minimum Gasteiger partial charge on any atom is -0.351 e. The van der Waals surface area contributed by atoms with Gasteiger partial charge in [-0.05, 0) is 19.1 Å². The maximum absolute atomic E-state index is 11.5. The van der Waals surface area contributed by atoms with Crippen LogP contribution in [0.3, 0.4) is 0 Å². The van der Waals surface area contributed by atoms with E-state index in [0.29, 0.717) is 23.0 Å². The number of alkyl halides is 1. The maximum Gasteiger partial charge on any atom is 0.272 e. The van der Waals surface area contributed by atoms with Crippen molar-refractivity contribution < 1.29 is 9.72 Å². The summed E-state index contributed by atoms with van der Waals surface area (Å²) in [5.41, 5.74) is 0.942. The van der Waals surface area contributed by atoms with Crippen molar-refractivity contribution in [2.24, 2.45) is 0 Å². The number of nitro benzene ring substituents is 1. The molecule has 1 rings (SSSR count). The molecule has 0 saturated carbocycles. The van der Waals surface area contributed by atoms with Gasteiger partial charge < -0.3 is 5.32 Å². The number of halogens is 1. The van der Waals surface area contributed by atoms with E-state index in [1.807, 2.05) is 0 Å². The minimum absolute atomic E-state index is 0.0250. The lowest BCUT2D eigenvalue weighted by molar-refractivity contribution is -0.385. The summed E-state index contributed by atoms with van der Waals surface area (Å²) in [6.07, 6.45) is 0. The quantitative estimate of drug-likeness (QED) is 0.523. The minimum atomic E-state index is -0.463. The second kappa shape index (κ2) is 5.60. The molecule has 0 spiro atoms. The van der Waals surface area contributed by atoms with E-state index in [0.717, 1.165) is 0 Å². The molecule has 0 aliphatic rings. The fourth-order valence-electron chi connectivity index (χ4n) is 1.26. The van der Waals surface area contributed by atoms with Crippen LogP contribution in [0.1, 0.15) is 15.9 Å². The first-order valence-corrected chi connectivity index (χ1v) is 5.77. The van der Waals surface area contributed by atoms with E-state index in [1.54, 1.807) is 6.92 Å². The molecular formula is C10H11BrN2O3. The monoisotopic (exact) mass is 286 g/mol. The third kappa shape index (κ3) is 3.03. The summed E-state index contributed by atoms with van der Waals surface area (Å²) in [5, 5.41) is 13.9. The van der Waals surface area contributed by atoms with Crippen molar-refractivity contribution in [3.63, 3.8) is 0 Å². The molecule has 0 atom stereocenters. The topological polar surface area (TPSA) is 72.2 Å². The van der Waals surface area contributed by atoms with Gasteiger partial charge in [-0.2, -0.15) is 0 Å². The molecule has 6 heteroatoms. The SMILES string of the molecule is Cc1cc(C(=O)NCCBr)ccc1[N+](=O)[O-]. The Morgan fingerprint density at radius 3 is 2.75 bits per heavy atom. The summed E-state index contributed by atoms with van der Waals surface area (Å²) in [6, 6.07) is 4.31. The lowest BCUT2D eigenvalue weighted by atomic mass is 10.1. The second-order valence-corrected chi connectivity index (χ2v) is 4.00. The van der Waals surface area contributed by atoms with Gasteiger partial charge in [0.05, 0.1) is 4.92 Å². The van der Waals surface area contributed by atoms with E-state index in [-0.39, 0.29) is 11.6 Å². The summed E-state index contributed by atoms with van der Waals surface area (Å²) in [5.74, 6) is -0.225. The zero-order chi connectivity index (χ0) is 12.1. The first-order chi connectivity index (χ1) is 7.56. The predicted molar refractivity (Wildman–Crippen MR) is 64.0 cm³/mol. The Bertz CT molecular complexity index is 421. The Hall–Kier alpha value is -1.43. The molecule has 5 nitrogen and oxygen atoms in total. The van der Waals surface area contributed by atoms with Crippen LogP contribution in [0.15, 0.2) is 18.2 Å². The number of hydrogen-bond donors (Lipinski definition) is 1. The van der Waals surface area contributed by atoms with Crippen LogP contribution in [0.5, 0.6) is 0 Å². The molecule has 1 aromatic carbocycles. The number of carbonyl (C=O) groups is 1. The lowest BCUT2D eigenvalue weighted by Crippen LogP contribution is -2.25. The van der Waals surface area contributed by atoms with Crippen LogP contribution in [0.4, 0.5) is 5.69 Å². The summed E-state index contributed by atoms with van der Waals surface area (Å²) < 4.78 is 0. The van der Waals surface area contributed by atoms with E-state index in [1.165, 1.54) is 18.2 Å². The van der Waals surface area contributed by atoms with E-state index in [4.69, 9.17) is 0 Å². The number of benzene rings is 1. The Kier molecular flexibility index (Phi) is 4.42. The molecule has 0 radical (unpaired) electrons. The van der Waals surface area contributed by atoms with Crippen LogP contribution >= 0.6 is 15.9 Å². The molecule has 16 heavy (non-hydrogen) atoms. The van der Waals surface area contributed by atoms with E-state index >= 15 is 0 Å². The fourth-order valence-corrected chi connectivity index (χ4v) is 1.46. The van der Waals surface area contributed by atoms with Crippen molar-refractivity contribution in [1.82, 2.24) is 5.32 Å². The molecule has 0 aliphatic carbocycles. The van der Waals surface area contributed by atoms with Crippen molar-refractivity contribution in [3.05, 3.63) is 39.4 Å². The molecule has 0 aromatic heterocycles. The number of hydrogen-bond acceptors (Lipinski definition) is 3. The molecule has 1 aromatic rings. The van der Waals surface area contributed by atoms with Gasteiger partial charge in [0.2, 0.25) is 0 Å². The Morgan fingerprint density at radius 1 is 1.56 bits per heavy atom. The van der Waals surface area contributed by atoms with E-state index in [2.05, 4.69) is 21.2 Å². The number of nitro groups is 1. The predicted octanol–water partition coefficient (Wildman–Crippen LogP) is 2.03. The number of carbonyl (C=O) groups excluding carboxylic acids is 1. The van der Waals surface area contributed by atoms with Gasteiger partial charge in [-0.1, -0.05) is 15.9 Å². The highest BCUT2D eigenvalue weighted by Gasteiger charge is 2.13. The Labute approximate surface area is 101 Å². The van der Waals surface area contributed by atoms with Crippen molar-refractivity contribution in [2.45, 2.75) is 6.92 Å². The molecule has 0 aliphatic heterocycles. The third-order valence-electron chi connectivity index (χ3n) is 2.04. The largest absolute Gasteiger partial charge is 0.351 e. The van der Waals surface area contributed by atoms with Crippen LogP contribution < -0.4 is 5.32 Å². The fraction of sp³-hybridized carbons (Fsp3) is 0.300. The van der Waals surface area contributed by atoms with Gasteiger partial charge in [-0.3, -0.25) is 14.9 Å². The maximum atomic E-state index is 11.5. The van der Waals surface area contributed by atoms with Crippen molar-refractivity contribution >= 4 is 27.5 Å². The van der Waals surface area contributed by atoms with Gasteiger partial charge >= 0.3 is 0 Å². The van der Waals surface area contributed by atoms with Gasteiger partial charge in [0.15, 0.2) is 0 Å². The zero-order valence-electron chi connectivity index (χ0n) is 8.70. The van der Waals surface area contributed by atoms with Gasteiger partial charge in [-0.25, -0.2) is 0 Å². The van der Waals surface area contributed by atoms with Crippen LogP contribution in [-0.4, -0.2) is 22.7 Å². The molecule has 0 unspecified atom stereocenters. The van der Waals surface area contributed by atoms with E-state index in [9.17, 15) is 14.9 Å². The summed E-state index contributed by atoms with van der Waals surface area (Å²) >= 11 is 3.19. The first kappa shape index (κ1) is 12.6. The highest BCUT2D eigenvalue weighted by molar-refractivity contribution is 9.09. The van der Waals surface area contributed by atoms with Gasteiger partial charge in [0.1, 0.15) is 0 Å². The van der Waals surface area contributed by atoms with E-state index < -0.39 is 4.92 Å². The van der Waals surface area contributed by atoms with Crippen molar-refractivity contribution in [1.29, 1.82) is 0 Å². The molecule has 0 fully saturated rings. The third-order valence-corrected chi connectivity index (χ3v) is 2.43. The van der Waals surface area contributed by atoms with Crippen LogP contribution in [-0.2, 0) is 0 Å². The highest BCUT2D eigenvalue weighted by Crippen LogP contribution is 2.18. The normalized spacial score (nSPS) is 9.88. The standard InChI is InChI=1S/C10H11BrN2O3/c1-7-6-8(10(14)12-5-4-11)2-3-9(7)13(15)16/h2-3,6H,4-5H2,1H3,(H,12,14). The molecule has 0 saturated heterocycles. The Morgan fingerprint density at radius 2 is 2.25 bits per heavy atom. The molecule has 0 heterocycles. The first-order valence-electron chi connectivity index (χ1n) is 4.65. The smallest absolute Gasteiger partial charge is 0.272 e. The summed E-state index contributed by atoms with van der Waals surface area (Å²) in [4.78, 5) is 21.6. The van der Waals surface area contributed by atoms with Crippen LogP contribution in [0, 0.1) is 17.0 Å². The Balaban J connectivity index is 2.88. The number of amides is 1. The molecule has 1 N–H and O–H groups in total. The van der Waals surface area contributed by atoms with Crippen molar-refractivity contribution in [2.75, 3.05) is 11.9 Å². The number of aryl methyl sites for hydroxylation is 1. The van der Waals surface area contributed by atoms with Gasteiger partial charge in [-0.15, -0.1) is 0 Å². The average Bonchev–Trinajstić information content (AvgIpc) is 2.25. The molecule has 86 valence electrons. The average molecular weight is 287 g/mol. The highest BCUT2D eigenvalue weighted by atomic mass is 79.9. The van der Waals surface area contributed by atoms with Gasteiger partial charge in [0.25, 0.3) is 11.6 Å². The number of nitrogens with zero attached hydrogens (tertiary/aromatic N) is 1. The van der Waals surface area contributed by atoms with Crippen molar-refractivity contribution in [3.8, 4) is 0 Å².